The predicted molar refractivity (Wildman–Crippen MR) is 79.3 cm³/mol. The van der Waals surface area contributed by atoms with Crippen molar-refractivity contribution in [1.82, 2.24) is 10.6 Å². The maximum atomic E-state index is 13.6. The fraction of sp³-hybridized carbons (Fsp3) is 0.467. The molecule has 0 unspecified atom stereocenters. The Labute approximate surface area is 136 Å². The number of nitrogens with one attached hydrogen (secondary N) is 2. The summed E-state index contributed by atoms with van der Waals surface area (Å²) in [4.78, 5) is 22.9. The molecule has 0 spiro atoms. The normalized spacial score (nSPS) is 12.5. The molecule has 0 saturated heterocycles. The first-order valence-corrected chi connectivity index (χ1v) is 7.34. The van der Waals surface area contributed by atoms with Gasteiger partial charge in [0.2, 0.25) is 5.91 Å². The number of hydrogen-bond donors (Lipinski definition) is 3. The quantitative estimate of drug-likeness (QED) is 0.661. The number of urea groups is 1. The summed E-state index contributed by atoms with van der Waals surface area (Å²) >= 11 is 0. The van der Waals surface area contributed by atoms with E-state index in [1.54, 1.807) is 0 Å². The average molecular weight is 349 g/mol. The minimum absolute atomic E-state index is 0.109. The fourth-order valence-corrected chi connectivity index (χ4v) is 1.95. The molecule has 134 valence electrons. The minimum Gasteiger partial charge on any atom is -0.368 e. The van der Waals surface area contributed by atoms with Crippen LogP contribution in [0.15, 0.2) is 18.2 Å². The van der Waals surface area contributed by atoms with E-state index >= 15 is 0 Å². The standard InChI is InChI=1S/C15H19F4N3O2/c1-2-3-4-12(13(20)23)22-14(24)21-8-9-5-6-10(7-11(9)16)15(17,18)19/h5-7,12H,2-4,8H2,1H3,(H2,20,23)(H2,21,22,24)/t12-/m0/s1. The monoisotopic (exact) mass is 349 g/mol. The lowest BCUT2D eigenvalue weighted by Gasteiger charge is -2.16. The van der Waals surface area contributed by atoms with E-state index in [9.17, 15) is 27.2 Å². The number of halogens is 4. The minimum atomic E-state index is -4.64. The van der Waals surface area contributed by atoms with Crippen LogP contribution in [0.5, 0.6) is 0 Å². The van der Waals surface area contributed by atoms with E-state index in [2.05, 4.69) is 10.6 Å². The third-order valence-corrected chi connectivity index (χ3v) is 3.31. The van der Waals surface area contributed by atoms with Crippen LogP contribution in [0.1, 0.15) is 37.3 Å². The first-order chi connectivity index (χ1) is 11.1. The van der Waals surface area contributed by atoms with Crippen LogP contribution in [-0.2, 0) is 17.5 Å². The summed E-state index contributed by atoms with van der Waals surface area (Å²) in [5, 5.41) is 4.63. The molecule has 0 fully saturated rings. The highest BCUT2D eigenvalue weighted by atomic mass is 19.4. The van der Waals surface area contributed by atoms with Gasteiger partial charge in [-0.05, 0) is 18.6 Å². The molecule has 0 saturated carbocycles. The van der Waals surface area contributed by atoms with Crippen molar-refractivity contribution in [2.24, 2.45) is 5.73 Å². The molecule has 0 bridgehead atoms. The fourth-order valence-electron chi connectivity index (χ4n) is 1.95. The number of unbranched alkanes of at least 4 members (excludes halogenated alkanes) is 1. The molecule has 0 heterocycles. The van der Waals surface area contributed by atoms with Gasteiger partial charge >= 0.3 is 12.2 Å². The van der Waals surface area contributed by atoms with Crippen molar-refractivity contribution < 1.29 is 27.2 Å². The lowest BCUT2D eigenvalue weighted by molar-refractivity contribution is -0.137. The molecule has 0 radical (unpaired) electrons. The number of benzene rings is 1. The number of carbonyl (C=O) groups is 2. The summed E-state index contributed by atoms with van der Waals surface area (Å²) in [6.07, 6.45) is -2.78. The highest BCUT2D eigenvalue weighted by molar-refractivity contribution is 5.85. The molecule has 1 rings (SSSR count). The van der Waals surface area contributed by atoms with E-state index in [1.807, 2.05) is 6.92 Å². The second-order valence-electron chi connectivity index (χ2n) is 5.23. The van der Waals surface area contributed by atoms with Gasteiger partial charge in [0, 0.05) is 12.1 Å². The maximum Gasteiger partial charge on any atom is 0.416 e. The average Bonchev–Trinajstić information content (AvgIpc) is 2.48. The molecular formula is C15H19F4N3O2. The first-order valence-electron chi connectivity index (χ1n) is 7.34. The highest BCUT2D eigenvalue weighted by Gasteiger charge is 2.31. The van der Waals surface area contributed by atoms with Crippen molar-refractivity contribution in [3.05, 3.63) is 35.1 Å². The predicted octanol–water partition coefficient (Wildman–Crippen LogP) is 2.69. The van der Waals surface area contributed by atoms with E-state index in [4.69, 9.17) is 5.73 Å². The molecule has 1 aromatic rings. The molecule has 9 heteroatoms. The van der Waals surface area contributed by atoms with Crippen molar-refractivity contribution >= 4 is 11.9 Å². The van der Waals surface area contributed by atoms with Gasteiger partial charge in [0.25, 0.3) is 0 Å². The summed E-state index contributed by atoms with van der Waals surface area (Å²) in [6.45, 7) is 1.58. The van der Waals surface area contributed by atoms with Gasteiger partial charge in [-0.2, -0.15) is 13.2 Å². The molecule has 0 aliphatic carbocycles. The molecule has 0 aliphatic rings. The Hall–Kier alpha value is -2.32. The van der Waals surface area contributed by atoms with E-state index in [0.29, 0.717) is 18.9 Å². The van der Waals surface area contributed by atoms with Crippen molar-refractivity contribution in [3.63, 3.8) is 0 Å². The smallest absolute Gasteiger partial charge is 0.368 e. The van der Waals surface area contributed by atoms with Gasteiger partial charge in [0.15, 0.2) is 0 Å². The summed E-state index contributed by atoms with van der Waals surface area (Å²) in [7, 11) is 0. The summed E-state index contributed by atoms with van der Waals surface area (Å²) in [5.41, 5.74) is 3.95. The van der Waals surface area contributed by atoms with Crippen molar-refractivity contribution in [1.29, 1.82) is 0 Å². The summed E-state index contributed by atoms with van der Waals surface area (Å²) in [5.74, 6) is -1.78. The molecule has 4 N–H and O–H groups in total. The Bertz CT molecular complexity index is 591. The number of hydrogen-bond acceptors (Lipinski definition) is 2. The van der Waals surface area contributed by atoms with Crippen LogP contribution in [0.3, 0.4) is 0 Å². The van der Waals surface area contributed by atoms with Crippen LogP contribution in [0.2, 0.25) is 0 Å². The number of carbonyl (C=O) groups excluding carboxylic acids is 2. The van der Waals surface area contributed by atoms with Crippen LogP contribution < -0.4 is 16.4 Å². The Morgan fingerprint density at radius 2 is 1.96 bits per heavy atom. The highest BCUT2D eigenvalue weighted by Crippen LogP contribution is 2.30. The maximum absolute atomic E-state index is 13.6. The lowest BCUT2D eigenvalue weighted by Crippen LogP contribution is -2.48. The van der Waals surface area contributed by atoms with Crippen molar-refractivity contribution in [3.8, 4) is 0 Å². The molecule has 3 amide bonds. The Balaban J connectivity index is 2.62. The zero-order valence-corrected chi connectivity index (χ0v) is 13.0. The SMILES string of the molecule is CCCC[C@H](NC(=O)NCc1ccc(C(F)(F)F)cc1F)C(N)=O. The molecule has 0 aliphatic heterocycles. The zero-order chi connectivity index (χ0) is 18.3. The van der Waals surface area contributed by atoms with Gasteiger partial charge in [-0.3, -0.25) is 4.79 Å². The summed E-state index contributed by atoms with van der Waals surface area (Å²) in [6, 6.07) is 0.422. The Kier molecular flexibility index (Phi) is 6.99. The number of primary amides is 1. The topological polar surface area (TPSA) is 84.2 Å². The van der Waals surface area contributed by atoms with Crippen LogP contribution in [0.4, 0.5) is 22.4 Å². The Morgan fingerprint density at radius 3 is 2.46 bits per heavy atom. The van der Waals surface area contributed by atoms with Crippen LogP contribution in [0, 0.1) is 5.82 Å². The second-order valence-corrected chi connectivity index (χ2v) is 5.23. The second kappa shape index (κ2) is 8.51. The molecule has 24 heavy (non-hydrogen) atoms. The van der Waals surface area contributed by atoms with Gasteiger partial charge in [0.05, 0.1) is 5.56 Å². The molecular weight excluding hydrogens is 330 g/mol. The van der Waals surface area contributed by atoms with Gasteiger partial charge < -0.3 is 16.4 Å². The van der Waals surface area contributed by atoms with Crippen LogP contribution in [-0.4, -0.2) is 18.0 Å². The van der Waals surface area contributed by atoms with Crippen molar-refractivity contribution in [2.75, 3.05) is 0 Å². The molecule has 1 aromatic carbocycles. The third kappa shape index (κ3) is 6.05. The third-order valence-electron chi connectivity index (χ3n) is 3.31. The van der Waals surface area contributed by atoms with E-state index < -0.39 is 35.5 Å². The van der Waals surface area contributed by atoms with E-state index in [1.165, 1.54) is 0 Å². The van der Waals surface area contributed by atoms with Gasteiger partial charge in [-0.1, -0.05) is 25.8 Å². The lowest BCUT2D eigenvalue weighted by atomic mass is 10.1. The van der Waals surface area contributed by atoms with Gasteiger partial charge in [-0.25, -0.2) is 9.18 Å². The number of rotatable bonds is 7. The van der Waals surface area contributed by atoms with Crippen LogP contribution >= 0.6 is 0 Å². The van der Waals surface area contributed by atoms with Crippen LogP contribution in [0.25, 0.3) is 0 Å². The number of nitrogens with two attached hydrogens (primary N) is 1. The van der Waals surface area contributed by atoms with E-state index in [0.717, 1.165) is 18.6 Å². The zero-order valence-electron chi connectivity index (χ0n) is 13.0. The van der Waals surface area contributed by atoms with Gasteiger partial charge in [0.1, 0.15) is 11.9 Å². The largest absolute Gasteiger partial charge is 0.416 e. The van der Waals surface area contributed by atoms with Crippen molar-refractivity contribution in [2.45, 2.75) is 44.9 Å². The first kappa shape index (κ1) is 19.7. The molecule has 0 aromatic heterocycles. The number of amides is 3. The summed E-state index contributed by atoms with van der Waals surface area (Å²) < 4.78 is 51.0. The van der Waals surface area contributed by atoms with Gasteiger partial charge in [-0.15, -0.1) is 0 Å². The Morgan fingerprint density at radius 1 is 1.29 bits per heavy atom. The number of alkyl halides is 3. The van der Waals surface area contributed by atoms with E-state index in [-0.39, 0.29) is 12.1 Å². The molecule has 1 atom stereocenters. The molecule has 5 nitrogen and oxygen atoms in total.